The lowest BCUT2D eigenvalue weighted by molar-refractivity contribution is -0.384. The van der Waals surface area contributed by atoms with Gasteiger partial charge in [0.15, 0.2) is 0 Å². The van der Waals surface area contributed by atoms with Gasteiger partial charge in [0, 0.05) is 17.7 Å². The number of nitrogens with one attached hydrogen (secondary N) is 1. The van der Waals surface area contributed by atoms with Crippen LogP contribution in [0.5, 0.6) is 0 Å². The molecule has 0 aliphatic carbocycles. The molecule has 2 aromatic rings. The first-order valence-corrected chi connectivity index (χ1v) is 6.51. The van der Waals surface area contributed by atoms with Crippen molar-refractivity contribution in [3.8, 4) is 11.1 Å². The Bertz CT molecular complexity index is 809. The number of rotatable bonds is 4. The Kier molecular flexibility index (Phi) is 3.59. The van der Waals surface area contributed by atoms with Crippen molar-refractivity contribution in [3.05, 3.63) is 52.5 Å². The van der Waals surface area contributed by atoms with Gasteiger partial charge in [-0.3, -0.25) is 20.2 Å². The summed E-state index contributed by atoms with van der Waals surface area (Å²) < 4.78 is 5.29. The van der Waals surface area contributed by atoms with Crippen LogP contribution in [0.3, 0.4) is 0 Å². The van der Waals surface area contributed by atoms with E-state index in [9.17, 15) is 19.7 Å². The smallest absolute Gasteiger partial charge is 0.344 e. The number of hydrazone groups is 1. The molecule has 116 valence electrons. The third-order valence-corrected chi connectivity index (χ3v) is 3.13. The van der Waals surface area contributed by atoms with E-state index < -0.39 is 16.9 Å². The third kappa shape index (κ3) is 3.07. The van der Waals surface area contributed by atoms with Crippen LogP contribution in [0, 0.1) is 10.1 Å². The standard InChI is InChI=1S/C14H10N4O5/c19-13-7-17(14(20)16-13)15-6-12-5-10(8-23-12)9-1-3-11(4-2-9)18(21)22/h1-6,8H,7H2,(H,16,19,20). The van der Waals surface area contributed by atoms with Crippen molar-refractivity contribution in [2.24, 2.45) is 5.10 Å². The van der Waals surface area contributed by atoms with Crippen LogP contribution >= 0.6 is 0 Å². The fraction of sp³-hybridized carbons (Fsp3) is 0.0714. The molecule has 1 aromatic carbocycles. The fourth-order valence-corrected chi connectivity index (χ4v) is 2.00. The van der Waals surface area contributed by atoms with Crippen LogP contribution in [0.15, 0.2) is 46.1 Å². The summed E-state index contributed by atoms with van der Waals surface area (Å²) >= 11 is 0. The Labute approximate surface area is 129 Å². The molecule has 0 bridgehead atoms. The van der Waals surface area contributed by atoms with Crippen LogP contribution in [0.1, 0.15) is 5.76 Å². The minimum Gasteiger partial charge on any atom is -0.463 e. The summed E-state index contributed by atoms with van der Waals surface area (Å²) in [5.41, 5.74) is 1.46. The van der Waals surface area contributed by atoms with E-state index in [1.807, 2.05) is 0 Å². The minimum absolute atomic E-state index is 0.00347. The number of urea groups is 1. The first-order chi connectivity index (χ1) is 11.0. The maximum Gasteiger partial charge on any atom is 0.344 e. The molecule has 0 unspecified atom stereocenters. The molecule has 3 amide bonds. The van der Waals surface area contributed by atoms with Crippen molar-refractivity contribution in [2.45, 2.75) is 0 Å². The molecule has 1 fully saturated rings. The van der Waals surface area contributed by atoms with Crippen molar-refractivity contribution in [2.75, 3.05) is 6.54 Å². The zero-order valence-electron chi connectivity index (χ0n) is 11.6. The van der Waals surface area contributed by atoms with Crippen molar-refractivity contribution in [3.63, 3.8) is 0 Å². The van der Waals surface area contributed by atoms with E-state index in [0.29, 0.717) is 11.3 Å². The van der Waals surface area contributed by atoms with Crippen LogP contribution < -0.4 is 5.32 Å². The first kappa shape index (κ1) is 14.4. The van der Waals surface area contributed by atoms with Gasteiger partial charge in [-0.05, 0) is 23.8 Å². The number of carbonyl (C=O) groups is 2. The van der Waals surface area contributed by atoms with Gasteiger partial charge in [0.05, 0.1) is 17.4 Å². The quantitative estimate of drug-likeness (QED) is 0.399. The summed E-state index contributed by atoms with van der Waals surface area (Å²) in [6.45, 7) is -0.134. The molecular weight excluding hydrogens is 304 g/mol. The SMILES string of the molecule is O=C1CN(N=Cc2cc(-c3ccc([N+](=O)[O-])cc3)co2)C(=O)N1. The number of nitro groups is 1. The number of hydrogen-bond acceptors (Lipinski definition) is 6. The Morgan fingerprint density at radius 3 is 2.61 bits per heavy atom. The monoisotopic (exact) mass is 314 g/mol. The minimum atomic E-state index is -0.589. The van der Waals surface area contributed by atoms with Crippen molar-refractivity contribution in [1.82, 2.24) is 10.3 Å². The number of amides is 3. The summed E-state index contributed by atoms with van der Waals surface area (Å²) in [5.74, 6) is -0.0383. The second-order valence-corrected chi connectivity index (χ2v) is 4.70. The van der Waals surface area contributed by atoms with Crippen LogP contribution in [0.2, 0.25) is 0 Å². The summed E-state index contributed by atoms with van der Waals surface area (Å²) in [6.07, 6.45) is 2.78. The molecule has 23 heavy (non-hydrogen) atoms. The number of nitrogens with zero attached hydrogens (tertiary/aromatic N) is 3. The largest absolute Gasteiger partial charge is 0.463 e. The zero-order valence-corrected chi connectivity index (χ0v) is 11.6. The van der Waals surface area contributed by atoms with Gasteiger partial charge in [-0.2, -0.15) is 5.10 Å². The Balaban J connectivity index is 1.74. The molecule has 2 heterocycles. The number of furan rings is 1. The molecule has 0 atom stereocenters. The number of imide groups is 1. The Morgan fingerprint density at radius 2 is 2.00 bits per heavy atom. The van der Waals surface area contributed by atoms with Crippen molar-refractivity contribution >= 4 is 23.8 Å². The lowest BCUT2D eigenvalue weighted by Gasteiger charge is -2.02. The normalized spacial score (nSPS) is 14.5. The molecular formula is C14H10N4O5. The molecule has 1 aliphatic heterocycles. The van der Waals surface area contributed by atoms with Crippen LogP contribution in [-0.4, -0.2) is 34.6 Å². The summed E-state index contributed by atoms with van der Waals surface area (Å²) in [6, 6.07) is 7.09. The molecule has 0 radical (unpaired) electrons. The van der Waals surface area contributed by atoms with Gasteiger partial charge < -0.3 is 4.42 Å². The summed E-state index contributed by atoms with van der Waals surface area (Å²) in [5, 5.41) is 17.6. The van der Waals surface area contributed by atoms with Crippen molar-refractivity contribution in [1.29, 1.82) is 0 Å². The maximum absolute atomic E-state index is 11.3. The molecule has 9 nitrogen and oxygen atoms in total. The predicted molar refractivity (Wildman–Crippen MR) is 78.6 cm³/mol. The Morgan fingerprint density at radius 1 is 1.26 bits per heavy atom. The van der Waals surface area contributed by atoms with E-state index in [0.717, 1.165) is 10.6 Å². The molecule has 0 spiro atoms. The van der Waals surface area contributed by atoms with Gasteiger partial charge >= 0.3 is 6.03 Å². The van der Waals surface area contributed by atoms with Gasteiger partial charge in [0.25, 0.3) is 5.69 Å². The molecule has 1 N–H and O–H groups in total. The second-order valence-electron chi connectivity index (χ2n) is 4.70. The van der Waals surface area contributed by atoms with Crippen LogP contribution in [0.4, 0.5) is 10.5 Å². The highest BCUT2D eigenvalue weighted by atomic mass is 16.6. The topological polar surface area (TPSA) is 118 Å². The number of nitro benzene ring substituents is 1. The van der Waals surface area contributed by atoms with E-state index in [1.54, 1.807) is 18.2 Å². The highest BCUT2D eigenvalue weighted by molar-refractivity contribution is 6.02. The number of benzene rings is 1. The molecule has 1 aromatic heterocycles. The van der Waals surface area contributed by atoms with E-state index in [2.05, 4.69) is 10.4 Å². The number of non-ortho nitro benzene ring substituents is 1. The summed E-state index contributed by atoms with van der Waals surface area (Å²) in [7, 11) is 0. The van der Waals surface area contributed by atoms with E-state index >= 15 is 0 Å². The molecule has 1 saturated heterocycles. The average molecular weight is 314 g/mol. The van der Waals surface area contributed by atoms with E-state index in [4.69, 9.17) is 4.42 Å². The van der Waals surface area contributed by atoms with Gasteiger partial charge in [-0.1, -0.05) is 0 Å². The zero-order chi connectivity index (χ0) is 16.4. The Hall–Kier alpha value is -3.49. The van der Waals surface area contributed by atoms with Gasteiger partial charge in [0.1, 0.15) is 12.3 Å². The predicted octanol–water partition coefficient (Wildman–Crippen LogP) is 1.74. The van der Waals surface area contributed by atoms with Crippen LogP contribution in [-0.2, 0) is 4.79 Å². The lowest BCUT2D eigenvalue weighted by atomic mass is 10.1. The van der Waals surface area contributed by atoms with Crippen molar-refractivity contribution < 1.29 is 18.9 Å². The molecule has 9 heteroatoms. The molecule has 0 saturated carbocycles. The van der Waals surface area contributed by atoms with E-state index in [1.165, 1.54) is 24.6 Å². The maximum atomic E-state index is 11.3. The van der Waals surface area contributed by atoms with Gasteiger partial charge in [-0.25, -0.2) is 9.80 Å². The molecule has 3 rings (SSSR count). The lowest BCUT2D eigenvalue weighted by Crippen LogP contribution is -2.24. The van der Waals surface area contributed by atoms with Gasteiger partial charge in [-0.15, -0.1) is 0 Å². The van der Waals surface area contributed by atoms with Crippen LogP contribution in [0.25, 0.3) is 11.1 Å². The number of carbonyl (C=O) groups excluding carboxylic acids is 2. The number of hydrogen-bond donors (Lipinski definition) is 1. The fourth-order valence-electron chi connectivity index (χ4n) is 2.00. The third-order valence-electron chi connectivity index (χ3n) is 3.13. The average Bonchev–Trinajstić information content (AvgIpc) is 3.11. The first-order valence-electron chi connectivity index (χ1n) is 6.51. The van der Waals surface area contributed by atoms with Gasteiger partial charge in [0.2, 0.25) is 5.91 Å². The summed E-state index contributed by atoms with van der Waals surface area (Å²) in [4.78, 5) is 32.5. The molecule has 1 aliphatic rings. The highest BCUT2D eigenvalue weighted by Crippen LogP contribution is 2.24. The second kappa shape index (κ2) is 5.72. The highest BCUT2D eigenvalue weighted by Gasteiger charge is 2.26. The van der Waals surface area contributed by atoms with E-state index in [-0.39, 0.29) is 12.2 Å².